The second-order valence-electron chi connectivity index (χ2n) is 10.6. The number of pyridine rings is 1. The Morgan fingerprint density at radius 3 is 2.74 bits per heavy atom. The molecule has 2 aromatic heterocycles. The number of carbonyl (C=O) groups excluding carboxylic acids is 1. The van der Waals surface area contributed by atoms with Crippen LogP contribution in [0.3, 0.4) is 0 Å². The number of fused-ring (bicyclic) bond motifs is 2. The van der Waals surface area contributed by atoms with Crippen molar-refractivity contribution in [3.05, 3.63) is 29.6 Å². The van der Waals surface area contributed by atoms with Crippen molar-refractivity contribution in [3.63, 3.8) is 0 Å². The standard InChI is InChI=1S/C26H37N5O3/c1-17-15-31-20(14-23(17)29-9-7-19(27)16-29)13-21(28-31)22-4-2-3-8-30(22)26(32)18-5-6-24-25(12-18)34-11-10-33-24/h13-15,18-19,22,24-25H,2-12,16,27H2,1H3/t18?,19-,22-,24?,25?/m0/s1. The van der Waals surface area contributed by atoms with E-state index in [1.54, 1.807) is 0 Å². The number of anilines is 1. The summed E-state index contributed by atoms with van der Waals surface area (Å²) in [4.78, 5) is 18.2. The van der Waals surface area contributed by atoms with Gasteiger partial charge in [-0.1, -0.05) is 0 Å². The Kier molecular flexibility index (Phi) is 5.99. The molecule has 1 aliphatic carbocycles. The minimum absolute atomic E-state index is 0.0220. The van der Waals surface area contributed by atoms with Crippen molar-refractivity contribution >= 4 is 17.1 Å². The van der Waals surface area contributed by atoms with E-state index in [0.29, 0.717) is 13.2 Å². The van der Waals surface area contributed by atoms with Crippen molar-refractivity contribution in [2.45, 2.75) is 76.2 Å². The van der Waals surface area contributed by atoms with Gasteiger partial charge in [0.1, 0.15) is 0 Å². The fourth-order valence-corrected chi connectivity index (χ4v) is 6.48. The molecule has 34 heavy (non-hydrogen) atoms. The molecule has 1 amide bonds. The van der Waals surface area contributed by atoms with Crippen LogP contribution in [0.2, 0.25) is 0 Å². The van der Waals surface area contributed by atoms with Crippen LogP contribution >= 0.6 is 0 Å². The quantitative estimate of drug-likeness (QED) is 0.747. The van der Waals surface area contributed by atoms with Gasteiger partial charge in [0.2, 0.25) is 5.91 Å². The lowest BCUT2D eigenvalue weighted by molar-refractivity contribution is -0.170. The summed E-state index contributed by atoms with van der Waals surface area (Å²) < 4.78 is 13.8. The maximum atomic E-state index is 13.7. The SMILES string of the molecule is Cc1cn2nc([C@@H]3CCCCN3C(=O)C3CCC4OCCOC4C3)cc2cc1N1CC[C@H](N)C1. The first-order valence-electron chi connectivity index (χ1n) is 13.1. The van der Waals surface area contributed by atoms with E-state index in [2.05, 4.69) is 35.1 Å². The highest BCUT2D eigenvalue weighted by Crippen LogP contribution is 2.37. The summed E-state index contributed by atoms with van der Waals surface area (Å²) in [6.07, 6.45) is 9.12. The Labute approximate surface area is 201 Å². The molecule has 6 rings (SSSR count). The number of rotatable bonds is 3. The lowest BCUT2D eigenvalue weighted by Gasteiger charge is -2.42. The van der Waals surface area contributed by atoms with E-state index in [-0.39, 0.29) is 36.1 Å². The highest BCUT2D eigenvalue weighted by atomic mass is 16.6. The van der Waals surface area contributed by atoms with Crippen molar-refractivity contribution in [3.8, 4) is 0 Å². The minimum atomic E-state index is 0.0220. The monoisotopic (exact) mass is 467 g/mol. The molecule has 8 heteroatoms. The number of amides is 1. The van der Waals surface area contributed by atoms with Crippen LogP contribution in [0.4, 0.5) is 5.69 Å². The molecular weight excluding hydrogens is 430 g/mol. The number of hydrogen-bond donors (Lipinski definition) is 1. The van der Waals surface area contributed by atoms with Gasteiger partial charge in [0.25, 0.3) is 0 Å². The number of hydrogen-bond acceptors (Lipinski definition) is 6. The number of carbonyl (C=O) groups is 1. The Morgan fingerprint density at radius 2 is 1.91 bits per heavy atom. The van der Waals surface area contributed by atoms with E-state index in [4.69, 9.17) is 20.3 Å². The van der Waals surface area contributed by atoms with E-state index >= 15 is 0 Å². The lowest BCUT2D eigenvalue weighted by atomic mass is 9.83. The summed E-state index contributed by atoms with van der Waals surface area (Å²) in [7, 11) is 0. The van der Waals surface area contributed by atoms with E-state index < -0.39 is 0 Å². The molecule has 8 nitrogen and oxygen atoms in total. The zero-order valence-electron chi connectivity index (χ0n) is 20.2. The first-order chi connectivity index (χ1) is 16.6. The second-order valence-corrected chi connectivity index (χ2v) is 10.6. The van der Waals surface area contributed by atoms with E-state index in [0.717, 1.165) is 75.8 Å². The zero-order valence-corrected chi connectivity index (χ0v) is 20.2. The molecule has 0 bridgehead atoms. The van der Waals surface area contributed by atoms with Gasteiger partial charge < -0.3 is 25.0 Å². The number of aromatic nitrogens is 2. The normalized spacial score (nSPS) is 32.2. The third-order valence-corrected chi connectivity index (χ3v) is 8.31. The molecule has 184 valence electrons. The summed E-state index contributed by atoms with van der Waals surface area (Å²) in [5.74, 6) is 0.297. The number of likely N-dealkylation sites (tertiary alicyclic amines) is 1. The van der Waals surface area contributed by atoms with E-state index in [9.17, 15) is 4.79 Å². The molecule has 0 aromatic carbocycles. The third kappa shape index (κ3) is 4.10. The maximum Gasteiger partial charge on any atom is 0.226 e. The van der Waals surface area contributed by atoms with Crippen molar-refractivity contribution < 1.29 is 14.3 Å². The fourth-order valence-electron chi connectivity index (χ4n) is 6.48. The smallest absolute Gasteiger partial charge is 0.226 e. The molecule has 0 radical (unpaired) electrons. The van der Waals surface area contributed by atoms with Gasteiger partial charge in [-0.15, -0.1) is 0 Å². The highest BCUT2D eigenvalue weighted by Gasteiger charge is 2.40. The van der Waals surface area contributed by atoms with Gasteiger partial charge in [-0.3, -0.25) is 4.79 Å². The topological polar surface area (TPSA) is 85.3 Å². The lowest BCUT2D eigenvalue weighted by Crippen LogP contribution is -2.48. The molecule has 5 atom stereocenters. The molecule has 2 N–H and O–H groups in total. The van der Waals surface area contributed by atoms with E-state index in [1.165, 1.54) is 11.3 Å². The number of piperidine rings is 1. The molecule has 3 aliphatic heterocycles. The predicted molar refractivity (Wildman–Crippen MR) is 130 cm³/mol. The molecule has 4 fully saturated rings. The Morgan fingerprint density at radius 1 is 1.06 bits per heavy atom. The zero-order chi connectivity index (χ0) is 23.2. The predicted octanol–water partition coefficient (Wildman–Crippen LogP) is 2.82. The molecule has 2 aromatic rings. The number of nitrogens with zero attached hydrogens (tertiary/aromatic N) is 4. The molecule has 4 aliphatic rings. The summed E-state index contributed by atoms with van der Waals surface area (Å²) >= 11 is 0. The summed E-state index contributed by atoms with van der Waals surface area (Å²) in [5, 5.41) is 4.96. The highest BCUT2D eigenvalue weighted by molar-refractivity contribution is 5.79. The van der Waals surface area contributed by atoms with Gasteiger partial charge in [0, 0.05) is 43.5 Å². The number of ether oxygens (including phenoxy) is 2. The van der Waals surface area contributed by atoms with Crippen LogP contribution in [0, 0.1) is 12.8 Å². The van der Waals surface area contributed by atoms with Crippen LogP contribution in [0.1, 0.15) is 62.2 Å². The van der Waals surface area contributed by atoms with Crippen molar-refractivity contribution in [2.75, 3.05) is 37.7 Å². The molecular formula is C26H37N5O3. The average Bonchev–Trinajstić information content (AvgIpc) is 3.48. The first kappa shape index (κ1) is 22.3. The number of nitrogens with two attached hydrogens (primary N) is 1. The van der Waals surface area contributed by atoms with Gasteiger partial charge in [-0.05, 0) is 69.6 Å². The molecule has 0 spiro atoms. The molecule has 5 heterocycles. The number of aryl methyl sites for hydroxylation is 1. The van der Waals surface area contributed by atoms with Gasteiger partial charge in [0.05, 0.1) is 42.7 Å². The van der Waals surface area contributed by atoms with Crippen LogP contribution in [0.15, 0.2) is 18.3 Å². The largest absolute Gasteiger partial charge is 0.373 e. The Hall–Kier alpha value is -2.16. The van der Waals surface area contributed by atoms with Gasteiger partial charge in [-0.2, -0.15) is 5.10 Å². The van der Waals surface area contributed by atoms with Crippen molar-refractivity contribution in [1.82, 2.24) is 14.5 Å². The Balaban J connectivity index is 1.24. The molecule has 3 saturated heterocycles. The van der Waals surface area contributed by atoms with Crippen LogP contribution < -0.4 is 10.6 Å². The van der Waals surface area contributed by atoms with Gasteiger partial charge in [0.15, 0.2) is 0 Å². The Bertz CT molecular complexity index is 1050. The van der Waals surface area contributed by atoms with E-state index in [1.807, 2.05) is 4.52 Å². The van der Waals surface area contributed by atoms with Crippen LogP contribution in [-0.2, 0) is 14.3 Å². The second kappa shape index (κ2) is 9.13. The summed E-state index contributed by atoms with van der Waals surface area (Å²) in [5.41, 5.74) is 10.7. The average molecular weight is 468 g/mol. The van der Waals surface area contributed by atoms with Crippen molar-refractivity contribution in [2.24, 2.45) is 11.7 Å². The third-order valence-electron chi connectivity index (χ3n) is 8.31. The summed E-state index contributed by atoms with van der Waals surface area (Å²) in [6.45, 7) is 6.18. The van der Waals surface area contributed by atoms with Crippen LogP contribution in [0.5, 0.6) is 0 Å². The fraction of sp³-hybridized carbons (Fsp3) is 0.692. The van der Waals surface area contributed by atoms with Crippen LogP contribution in [-0.4, -0.2) is 71.5 Å². The first-order valence-corrected chi connectivity index (χ1v) is 13.1. The summed E-state index contributed by atoms with van der Waals surface area (Å²) in [6, 6.07) is 4.72. The maximum absolute atomic E-state index is 13.7. The molecule has 1 saturated carbocycles. The molecule has 3 unspecified atom stereocenters. The van der Waals surface area contributed by atoms with Gasteiger partial charge in [-0.25, -0.2) is 4.52 Å². The van der Waals surface area contributed by atoms with Crippen molar-refractivity contribution in [1.29, 1.82) is 0 Å². The minimum Gasteiger partial charge on any atom is -0.373 e. The van der Waals surface area contributed by atoms with Gasteiger partial charge >= 0.3 is 0 Å². The van der Waals surface area contributed by atoms with Crippen LogP contribution in [0.25, 0.3) is 5.52 Å².